The summed E-state index contributed by atoms with van der Waals surface area (Å²) in [6.07, 6.45) is 0.411. The second-order valence-corrected chi connectivity index (χ2v) is 9.85. The number of carbonyl (C=O) groups is 1. The van der Waals surface area contributed by atoms with Crippen LogP contribution in [0.1, 0.15) is 42.8 Å². The van der Waals surface area contributed by atoms with Gasteiger partial charge >= 0.3 is 0 Å². The van der Waals surface area contributed by atoms with E-state index in [1.807, 2.05) is 0 Å². The Labute approximate surface area is 192 Å². The summed E-state index contributed by atoms with van der Waals surface area (Å²) in [6.45, 7) is 5.52. The molecule has 1 aromatic heterocycles. The minimum Gasteiger partial charge on any atom is -0.352 e. The van der Waals surface area contributed by atoms with Gasteiger partial charge in [-0.05, 0) is 43.5 Å². The van der Waals surface area contributed by atoms with Crippen LogP contribution in [0.5, 0.6) is 0 Å². The fourth-order valence-corrected chi connectivity index (χ4v) is 4.52. The molecule has 0 radical (unpaired) electrons. The van der Waals surface area contributed by atoms with Crippen molar-refractivity contribution >= 4 is 15.9 Å². The van der Waals surface area contributed by atoms with Crippen LogP contribution in [-0.4, -0.2) is 30.5 Å². The molecule has 8 nitrogen and oxygen atoms in total. The number of nitrogens with zero attached hydrogens (tertiary/aromatic N) is 2. The van der Waals surface area contributed by atoms with Gasteiger partial charge in [-0.2, -0.15) is 4.98 Å². The lowest BCUT2D eigenvalue weighted by atomic mass is 10.1. The molecular formula is C23H27FN4O4S. The predicted octanol–water partition coefficient (Wildman–Crippen LogP) is 3.26. The first-order valence-electron chi connectivity index (χ1n) is 10.5. The van der Waals surface area contributed by atoms with Crippen LogP contribution in [0.3, 0.4) is 0 Å². The normalized spacial score (nSPS) is 11.7. The molecule has 33 heavy (non-hydrogen) atoms. The van der Waals surface area contributed by atoms with E-state index in [0.717, 1.165) is 5.56 Å². The van der Waals surface area contributed by atoms with E-state index in [1.54, 1.807) is 57.2 Å². The number of amides is 1. The van der Waals surface area contributed by atoms with Crippen LogP contribution >= 0.6 is 0 Å². The average molecular weight is 475 g/mol. The summed E-state index contributed by atoms with van der Waals surface area (Å²) in [7, 11) is -3.38. The number of hydrogen-bond donors (Lipinski definition) is 2. The van der Waals surface area contributed by atoms with Gasteiger partial charge < -0.3 is 9.84 Å². The van der Waals surface area contributed by atoms with E-state index in [0.29, 0.717) is 29.1 Å². The number of halogens is 1. The summed E-state index contributed by atoms with van der Waals surface area (Å²) in [5, 5.41) is 6.65. The van der Waals surface area contributed by atoms with Gasteiger partial charge in [0.15, 0.2) is 0 Å². The number of aromatic nitrogens is 2. The molecule has 0 bridgehead atoms. The summed E-state index contributed by atoms with van der Waals surface area (Å²) in [4.78, 5) is 16.4. The third-order valence-electron chi connectivity index (χ3n) is 4.75. The second-order valence-electron chi connectivity index (χ2n) is 8.10. The largest absolute Gasteiger partial charge is 0.352 e. The lowest BCUT2D eigenvalue weighted by Crippen LogP contribution is -2.31. The maximum atomic E-state index is 13.7. The third-order valence-corrected chi connectivity index (χ3v) is 6.29. The zero-order valence-corrected chi connectivity index (χ0v) is 19.6. The Morgan fingerprint density at radius 2 is 1.82 bits per heavy atom. The molecule has 0 unspecified atom stereocenters. The summed E-state index contributed by atoms with van der Waals surface area (Å²) in [6, 6.07) is 11.6. The van der Waals surface area contributed by atoms with Gasteiger partial charge in [-0.1, -0.05) is 41.6 Å². The number of nitrogens with one attached hydrogen (secondary N) is 2. The molecule has 0 atom stereocenters. The standard InChI is InChI=1S/C23H27FN4O4S/c1-15(2)28-33(30,31)14-18-7-5-17(6-8-18)13-25-21(29)10-11-22-26-23(27-32-22)19-9-4-16(3)20(24)12-19/h4-9,12,15,28H,10-11,13-14H2,1-3H3,(H,25,29). The Hall–Kier alpha value is -3.11. The van der Waals surface area contributed by atoms with Gasteiger partial charge in [-0.3, -0.25) is 4.79 Å². The maximum absolute atomic E-state index is 13.7. The van der Waals surface area contributed by atoms with Crippen molar-refractivity contribution in [2.24, 2.45) is 0 Å². The molecule has 3 aromatic rings. The van der Waals surface area contributed by atoms with E-state index in [9.17, 15) is 17.6 Å². The summed E-state index contributed by atoms with van der Waals surface area (Å²) >= 11 is 0. The Morgan fingerprint density at radius 1 is 1.12 bits per heavy atom. The highest BCUT2D eigenvalue weighted by molar-refractivity contribution is 7.88. The smallest absolute Gasteiger partial charge is 0.227 e. The summed E-state index contributed by atoms with van der Waals surface area (Å²) in [5.74, 6) is -0.0695. The van der Waals surface area contributed by atoms with E-state index in [2.05, 4.69) is 20.2 Å². The zero-order chi connectivity index (χ0) is 24.0. The fraction of sp³-hybridized carbons (Fsp3) is 0.348. The lowest BCUT2D eigenvalue weighted by molar-refractivity contribution is -0.121. The van der Waals surface area contributed by atoms with E-state index < -0.39 is 10.0 Å². The molecular weight excluding hydrogens is 447 g/mol. The van der Waals surface area contributed by atoms with Gasteiger partial charge in [0.1, 0.15) is 5.82 Å². The molecule has 10 heteroatoms. The Bertz CT molecular complexity index is 1210. The molecule has 2 N–H and O–H groups in total. The van der Waals surface area contributed by atoms with Gasteiger partial charge in [0.05, 0.1) is 5.75 Å². The monoisotopic (exact) mass is 474 g/mol. The van der Waals surface area contributed by atoms with Crippen LogP contribution in [0, 0.1) is 12.7 Å². The Kier molecular flexibility index (Phi) is 7.93. The molecule has 1 heterocycles. The minimum atomic E-state index is -3.38. The number of sulfonamides is 1. The molecule has 3 rings (SSSR count). The van der Waals surface area contributed by atoms with Crippen molar-refractivity contribution in [3.63, 3.8) is 0 Å². The molecule has 0 aliphatic rings. The molecule has 0 saturated carbocycles. The molecule has 0 saturated heterocycles. The van der Waals surface area contributed by atoms with Crippen LogP contribution < -0.4 is 10.0 Å². The first-order chi connectivity index (χ1) is 15.6. The first-order valence-corrected chi connectivity index (χ1v) is 12.2. The number of carbonyl (C=O) groups excluding carboxylic acids is 1. The highest BCUT2D eigenvalue weighted by Crippen LogP contribution is 2.19. The van der Waals surface area contributed by atoms with Crippen molar-refractivity contribution in [3.05, 3.63) is 70.9 Å². The molecule has 1 amide bonds. The molecule has 0 spiro atoms. The summed E-state index contributed by atoms with van der Waals surface area (Å²) < 4.78 is 45.4. The van der Waals surface area contributed by atoms with Gasteiger partial charge in [-0.25, -0.2) is 17.5 Å². The molecule has 2 aromatic carbocycles. The maximum Gasteiger partial charge on any atom is 0.227 e. The number of benzene rings is 2. The van der Waals surface area contributed by atoms with Gasteiger partial charge in [0.25, 0.3) is 0 Å². The van der Waals surface area contributed by atoms with Crippen LogP contribution in [0.2, 0.25) is 0 Å². The topological polar surface area (TPSA) is 114 Å². The Balaban J connectivity index is 1.46. The van der Waals surface area contributed by atoms with Crippen molar-refractivity contribution < 1.29 is 22.1 Å². The molecule has 0 fully saturated rings. The van der Waals surface area contributed by atoms with E-state index in [1.165, 1.54) is 6.07 Å². The molecule has 0 aliphatic carbocycles. The fourth-order valence-electron chi connectivity index (χ4n) is 3.09. The van der Waals surface area contributed by atoms with Gasteiger partial charge in [0, 0.05) is 31.0 Å². The van der Waals surface area contributed by atoms with Crippen LogP contribution in [0.25, 0.3) is 11.4 Å². The van der Waals surface area contributed by atoms with Gasteiger partial charge in [-0.15, -0.1) is 0 Å². The second kappa shape index (κ2) is 10.7. The van der Waals surface area contributed by atoms with E-state index in [4.69, 9.17) is 4.52 Å². The van der Waals surface area contributed by atoms with E-state index in [-0.39, 0.29) is 42.2 Å². The first kappa shape index (κ1) is 24.5. The number of rotatable bonds is 10. The Morgan fingerprint density at radius 3 is 2.48 bits per heavy atom. The van der Waals surface area contributed by atoms with Crippen LogP contribution in [0.15, 0.2) is 47.0 Å². The average Bonchev–Trinajstić information content (AvgIpc) is 3.21. The van der Waals surface area contributed by atoms with Crippen molar-refractivity contribution in [1.82, 2.24) is 20.2 Å². The highest BCUT2D eigenvalue weighted by atomic mass is 32.2. The zero-order valence-electron chi connectivity index (χ0n) is 18.8. The number of hydrogen-bond acceptors (Lipinski definition) is 6. The highest BCUT2D eigenvalue weighted by Gasteiger charge is 2.14. The predicted molar refractivity (Wildman–Crippen MR) is 122 cm³/mol. The van der Waals surface area contributed by atoms with Crippen molar-refractivity contribution in [1.29, 1.82) is 0 Å². The van der Waals surface area contributed by atoms with Crippen molar-refractivity contribution in [2.45, 2.75) is 52.0 Å². The summed E-state index contributed by atoms with van der Waals surface area (Å²) in [5.41, 5.74) is 2.55. The quantitative estimate of drug-likeness (QED) is 0.466. The van der Waals surface area contributed by atoms with E-state index >= 15 is 0 Å². The third kappa shape index (κ3) is 7.47. The number of aryl methyl sites for hydroxylation is 2. The van der Waals surface area contributed by atoms with Crippen LogP contribution in [-0.2, 0) is 33.5 Å². The molecule has 0 aliphatic heterocycles. The van der Waals surface area contributed by atoms with Crippen molar-refractivity contribution in [2.75, 3.05) is 0 Å². The van der Waals surface area contributed by atoms with Crippen molar-refractivity contribution in [3.8, 4) is 11.4 Å². The van der Waals surface area contributed by atoms with Crippen LogP contribution in [0.4, 0.5) is 4.39 Å². The SMILES string of the molecule is Cc1ccc(-c2noc(CCC(=O)NCc3ccc(CS(=O)(=O)NC(C)C)cc3)n2)cc1F. The van der Waals surface area contributed by atoms with Gasteiger partial charge in [0.2, 0.25) is 27.6 Å². The minimum absolute atomic E-state index is 0.0980. The lowest BCUT2D eigenvalue weighted by Gasteiger charge is -2.10. The molecule has 176 valence electrons.